The van der Waals surface area contributed by atoms with E-state index in [9.17, 15) is 23.2 Å². The van der Waals surface area contributed by atoms with Crippen LogP contribution in [0.3, 0.4) is 0 Å². The molecule has 1 fully saturated rings. The highest BCUT2D eigenvalue weighted by molar-refractivity contribution is 6.32. The van der Waals surface area contributed by atoms with Gasteiger partial charge in [0, 0.05) is 17.6 Å². The second-order valence-electron chi connectivity index (χ2n) is 9.75. The van der Waals surface area contributed by atoms with E-state index in [1.54, 1.807) is 5.01 Å². The van der Waals surface area contributed by atoms with Gasteiger partial charge in [0.15, 0.2) is 5.82 Å². The summed E-state index contributed by atoms with van der Waals surface area (Å²) in [7, 11) is 2.08. The molecule has 38 heavy (non-hydrogen) atoms. The molecule has 1 amide bonds. The molecule has 1 saturated carbocycles. The third-order valence-electron chi connectivity index (χ3n) is 5.99. The first-order chi connectivity index (χ1) is 17.6. The summed E-state index contributed by atoms with van der Waals surface area (Å²) < 4.78 is 31.7. The fraction of sp³-hybridized carbons (Fsp3) is 0.480. The number of halogens is 4. The number of nitrogens with zero attached hydrogens (tertiary/aromatic N) is 5. The summed E-state index contributed by atoms with van der Waals surface area (Å²) in [6.07, 6.45) is 0.292. The van der Waals surface area contributed by atoms with Gasteiger partial charge in [-0.15, -0.1) is 0 Å². The molecule has 0 aliphatic heterocycles. The average molecular weight is 555 g/mol. The number of nitriles is 1. The van der Waals surface area contributed by atoms with Crippen molar-refractivity contribution in [2.24, 2.45) is 0 Å². The maximum atomic E-state index is 13.0. The number of carboxylic acid groups (broad SMARTS) is 1. The number of aliphatic carboxylic acids is 1. The van der Waals surface area contributed by atoms with Crippen LogP contribution in [-0.2, 0) is 11.3 Å². The predicted molar refractivity (Wildman–Crippen MR) is 135 cm³/mol. The second-order valence-corrected chi connectivity index (χ2v) is 10.2. The Labute approximate surface area is 224 Å². The van der Waals surface area contributed by atoms with E-state index in [-0.39, 0.29) is 23.3 Å². The predicted octanol–water partition coefficient (Wildman–Crippen LogP) is 4.96. The van der Waals surface area contributed by atoms with Crippen LogP contribution in [0.5, 0.6) is 0 Å². The third-order valence-corrected chi connectivity index (χ3v) is 6.26. The average Bonchev–Trinajstić information content (AvgIpc) is 3.37. The van der Waals surface area contributed by atoms with Gasteiger partial charge in [0.2, 0.25) is 5.82 Å². The molecular weight excluding hydrogens is 525 g/mol. The first kappa shape index (κ1) is 30.8. The smallest absolute Gasteiger partial charge is 0.475 e. The lowest BCUT2D eigenvalue weighted by Crippen LogP contribution is -2.48. The van der Waals surface area contributed by atoms with E-state index < -0.39 is 12.1 Å². The number of aromatic nitrogens is 2. The van der Waals surface area contributed by atoms with Gasteiger partial charge in [-0.05, 0) is 58.4 Å². The maximum Gasteiger partial charge on any atom is 0.490 e. The minimum absolute atomic E-state index is 0.0176. The van der Waals surface area contributed by atoms with Crippen LogP contribution in [0.15, 0.2) is 30.5 Å². The number of hydrazine groups is 1. The Morgan fingerprint density at radius 2 is 1.74 bits per heavy atom. The Morgan fingerprint density at radius 1 is 1.18 bits per heavy atom. The highest BCUT2D eigenvalue weighted by atomic mass is 35.5. The number of benzene rings is 1. The molecular formula is C25H30ClF3N6O3. The molecule has 13 heteroatoms. The Bertz CT molecular complexity index is 1160. The van der Waals surface area contributed by atoms with Gasteiger partial charge in [0.05, 0.1) is 12.2 Å². The lowest BCUT2D eigenvalue weighted by Gasteiger charge is -2.32. The van der Waals surface area contributed by atoms with Gasteiger partial charge in [-0.3, -0.25) is 20.1 Å². The van der Waals surface area contributed by atoms with E-state index in [0.29, 0.717) is 16.4 Å². The maximum absolute atomic E-state index is 13.0. The van der Waals surface area contributed by atoms with E-state index in [4.69, 9.17) is 21.5 Å². The fourth-order valence-corrected chi connectivity index (χ4v) is 3.69. The van der Waals surface area contributed by atoms with Crippen molar-refractivity contribution < 1.29 is 27.9 Å². The molecule has 0 unspecified atom stereocenters. The van der Waals surface area contributed by atoms with Crippen molar-refractivity contribution >= 4 is 29.3 Å². The zero-order valence-corrected chi connectivity index (χ0v) is 22.3. The zero-order valence-electron chi connectivity index (χ0n) is 21.5. The highest BCUT2D eigenvalue weighted by Crippen LogP contribution is 2.30. The zero-order chi connectivity index (χ0) is 28.7. The number of anilines is 1. The van der Waals surface area contributed by atoms with E-state index in [1.165, 1.54) is 6.20 Å². The minimum Gasteiger partial charge on any atom is -0.475 e. The molecule has 206 valence electrons. The number of hydrogen-bond acceptors (Lipinski definition) is 7. The molecule has 0 bridgehead atoms. The quantitative estimate of drug-likeness (QED) is 0.480. The van der Waals surface area contributed by atoms with Crippen molar-refractivity contribution in [3.05, 3.63) is 52.4 Å². The van der Waals surface area contributed by atoms with E-state index in [0.717, 1.165) is 37.8 Å². The Balaban J connectivity index is 0.000000638. The Morgan fingerprint density at radius 3 is 2.21 bits per heavy atom. The number of amides is 1. The van der Waals surface area contributed by atoms with Crippen LogP contribution in [0.25, 0.3) is 0 Å². The molecule has 0 atom stereocenters. The summed E-state index contributed by atoms with van der Waals surface area (Å²) in [6.45, 7) is 7.31. The number of carbonyl (C=O) groups is 2. The Kier molecular flexibility index (Phi) is 10.4. The molecule has 1 aromatic heterocycles. The lowest BCUT2D eigenvalue weighted by molar-refractivity contribution is -0.192. The van der Waals surface area contributed by atoms with Crippen LogP contribution in [0.2, 0.25) is 5.02 Å². The van der Waals surface area contributed by atoms with Crippen LogP contribution < -0.4 is 10.4 Å². The van der Waals surface area contributed by atoms with E-state index in [1.807, 2.05) is 30.3 Å². The molecule has 1 aromatic carbocycles. The monoisotopic (exact) mass is 554 g/mol. The van der Waals surface area contributed by atoms with Crippen molar-refractivity contribution in [1.29, 1.82) is 5.26 Å². The number of rotatable bonds is 6. The van der Waals surface area contributed by atoms with Crippen molar-refractivity contribution in [2.45, 2.75) is 70.8 Å². The number of nitrogens with one attached hydrogen (secondary N) is 1. The van der Waals surface area contributed by atoms with Gasteiger partial charge in [-0.25, -0.2) is 9.78 Å². The van der Waals surface area contributed by atoms with E-state index >= 15 is 0 Å². The fourth-order valence-electron chi connectivity index (χ4n) is 3.51. The summed E-state index contributed by atoms with van der Waals surface area (Å²) in [6, 6.07) is 9.61. The van der Waals surface area contributed by atoms with Gasteiger partial charge in [-0.1, -0.05) is 36.6 Å². The van der Waals surface area contributed by atoms with Crippen LogP contribution in [0, 0.1) is 11.3 Å². The first-order valence-electron chi connectivity index (χ1n) is 11.8. The molecule has 2 N–H and O–H groups in total. The third kappa shape index (κ3) is 8.85. The SMILES string of the molecule is CN(Cc1ccc(C(=O)NN(c2nc(C#N)ncc2Cl)C2CCCC2)cc1)C(C)(C)C.O=C(O)C(F)(F)F. The molecule has 9 nitrogen and oxygen atoms in total. The van der Waals surface area contributed by atoms with Gasteiger partial charge in [-0.2, -0.15) is 23.4 Å². The highest BCUT2D eigenvalue weighted by Gasteiger charge is 2.38. The molecule has 1 heterocycles. The van der Waals surface area contributed by atoms with Gasteiger partial charge in [0.1, 0.15) is 11.1 Å². The Hall–Kier alpha value is -3.43. The van der Waals surface area contributed by atoms with Crippen LogP contribution >= 0.6 is 11.6 Å². The van der Waals surface area contributed by atoms with Crippen molar-refractivity contribution in [3.63, 3.8) is 0 Å². The molecule has 0 spiro atoms. The number of carboxylic acids is 1. The van der Waals surface area contributed by atoms with Gasteiger partial charge < -0.3 is 5.11 Å². The molecule has 1 aliphatic rings. The number of alkyl halides is 3. The van der Waals surface area contributed by atoms with Gasteiger partial charge in [0.25, 0.3) is 5.91 Å². The normalized spacial score (nSPS) is 13.9. The van der Waals surface area contributed by atoms with E-state index in [2.05, 4.69) is 48.1 Å². The molecule has 0 radical (unpaired) electrons. The molecule has 2 aromatic rings. The summed E-state index contributed by atoms with van der Waals surface area (Å²) in [4.78, 5) is 32.3. The summed E-state index contributed by atoms with van der Waals surface area (Å²) in [5, 5.41) is 18.3. The van der Waals surface area contributed by atoms with Crippen molar-refractivity contribution in [3.8, 4) is 6.07 Å². The lowest BCUT2D eigenvalue weighted by atomic mass is 10.0. The number of hydrogen-bond donors (Lipinski definition) is 2. The van der Waals surface area contributed by atoms with Crippen LogP contribution in [0.4, 0.5) is 19.0 Å². The molecule has 1 aliphatic carbocycles. The number of carbonyl (C=O) groups excluding carboxylic acids is 1. The minimum atomic E-state index is -5.08. The second kappa shape index (κ2) is 12.9. The standard InChI is InChI=1S/C23H29ClN6O.C2HF3O2/c1-23(2,3)29(4)15-16-9-11-17(12-10-16)22(31)28-30(18-7-5-6-8-18)21-19(24)14-26-20(13-25)27-21;3-2(4,5)1(6)7/h9-12,14,18H,5-8,15H2,1-4H3,(H,28,31);(H,6,7). The first-order valence-corrected chi connectivity index (χ1v) is 12.1. The topological polar surface area (TPSA) is 122 Å². The summed E-state index contributed by atoms with van der Waals surface area (Å²) >= 11 is 6.33. The van der Waals surface area contributed by atoms with Crippen LogP contribution in [0.1, 0.15) is 68.2 Å². The molecule has 0 saturated heterocycles. The summed E-state index contributed by atoms with van der Waals surface area (Å²) in [5.41, 5.74) is 4.72. The van der Waals surface area contributed by atoms with Crippen LogP contribution in [-0.4, -0.2) is 56.7 Å². The largest absolute Gasteiger partial charge is 0.490 e. The van der Waals surface area contributed by atoms with Gasteiger partial charge >= 0.3 is 12.1 Å². The molecule has 3 rings (SSSR count). The summed E-state index contributed by atoms with van der Waals surface area (Å²) in [5.74, 6) is -2.62. The van der Waals surface area contributed by atoms with Crippen molar-refractivity contribution in [1.82, 2.24) is 20.3 Å². The van der Waals surface area contributed by atoms with Crippen molar-refractivity contribution in [2.75, 3.05) is 12.1 Å².